The molecule has 2 heterocycles. The summed E-state index contributed by atoms with van der Waals surface area (Å²) < 4.78 is 54.2. The number of alkyl halides is 2. The molecule has 2 N–H and O–H groups in total. The maximum absolute atomic E-state index is 13.7. The molecule has 7 nitrogen and oxygen atoms in total. The van der Waals surface area contributed by atoms with Crippen molar-refractivity contribution in [2.45, 2.75) is 24.2 Å². The molecule has 2 unspecified atom stereocenters. The first-order valence-corrected chi connectivity index (χ1v) is 14.7. The van der Waals surface area contributed by atoms with Gasteiger partial charge in [0.1, 0.15) is 17.2 Å². The van der Waals surface area contributed by atoms with Crippen LogP contribution in [0.5, 0.6) is 0 Å². The number of nitrogens with one attached hydrogen (secondary N) is 2. The van der Waals surface area contributed by atoms with E-state index in [2.05, 4.69) is 20.6 Å². The molecule has 3 aromatic rings. The average molecular weight is 581 g/mol. The van der Waals surface area contributed by atoms with E-state index in [0.29, 0.717) is 5.69 Å². The Morgan fingerprint density at radius 1 is 1.29 bits per heavy atom. The van der Waals surface area contributed by atoms with E-state index in [1.54, 1.807) is 0 Å². The summed E-state index contributed by atoms with van der Waals surface area (Å²) in [6, 6.07) is 5.23. The van der Waals surface area contributed by atoms with Gasteiger partial charge in [0.25, 0.3) is 6.43 Å². The van der Waals surface area contributed by atoms with E-state index in [9.17, 15) is 22.2 Å². The number of hydrogen-bond acceptors (Lipinski definition) is 5. The fourth-order valence-corrected chi connectivity index (χ4v) is 5.61. The van der Waals surface area contributed by atoms with E-state index in [4.69, 9.17) is 0 Å². The molecule has 0 aliphatic heterocycles. The molecule has 4 rings (SSSR count). The van der Waals surface area contributed by atoms with Gasteiger partial charge in [0.05, 0.1) is 33.4 Å². The van der Waals surface area contributed by atoms with E-state index in [1.165, 1.54) is 28.8 Å². The summed E-state index contributed by atoms with van der Waals surface area (Å²) in [7, 11) is -1.51. The molecule has 0 bridgehead atoms. The SMILES string of the molecule is CS(=O)c1cc(F)ccc1Nc1cc(NC(=O)C2CC2)nc2c1nc(C(F)F)n2PI. The van der Waals surface area contributed by atoms with Gasteiger partial charge >= 0.3 is 0 Å². The molecule has 1 fully saturated rings. The van der Waals surface area contributed by atoms with Crippen molar-refractivity contribution >= 4 is 73.5 Å². The number of carbonyl (C=O) groups excluding carboxylic acids is 1. The van der Waals surface area contributed by atoms with Crippen LogP contribution in [0, 0.1) is 11.7 Å². The Morgan fingerprint density at radius 2 is 2.03 bits per heavy atom. The van der Waals surface area contributed by atoms with Gasteiger partial charge in [-0.3, -0.25) is 13.3 Å². The largest absolute Gasteiger partial charge is 0.353 e. The lowest BCUT2D eigenvalue weighted by Gasteiger charge is -2.13. The maximum Gasteiger partial charge on any atom is 0.295 e. The lowest BCUT2D eigenvalue weighted by molar-refractivity contribution is -0.117. The van der Waals surface area contributed by atoms with Crippen LogP contribution in [-0.4, -0.2) is 30.7 Å². The summed E-state index contributed by atoms with van der Waals surface area (Å²) in [5.41, 5.74) is 0.963. The second kappa shape index (κ2) is 8.99. The van der Waals surface area contributed by atoms with Crippen molar-refractivity contribution in [3.8, 4) is 0 Å². The highest BCUT2D eigenvalue weighted by Gasteiger charge is 2.30. The molecule has 0 saturated heterocycles. The number of rotatable bonds is 7. The lowest BCUT2D eigenvalue weighted by Crippen LogP contribution is -2.14. The minimum absolute atomic E-state index is 0.0758. The quantitative estimate of drug-likeness (QED) is 0.299. The van der Waals surface area contributed by atoms with Crippen LogP contribution in [0.1, 0.15) is 25.1 Å². The van der Waals surface area contributed by atoms with Gasteiger partial charge in [-0.25, -0.2) is 23.1 Å². The Kier molecular flexibility index (Phi) is 6.50. The minimum Gasteiger partial charge on any atom is -0.353 e. The van der Waals surface area contributed by atoms with E-state index in [1.807, 2.05) is 22.0 Å². The third kappa shape index (κ3) is 4.70. The lowest BCUT2D eigenvalue weighted by atomic mass is 10.2. The van der Waals surface area contributed by atoms with Gasteiger partial charge in [0.15, 0.2) is 11.5 Å². The predicted molar refractivity (Wildman–Crippen MR) is 124 cm³/mol. The minimum atomic E-state index is -2.82. The molecular weight excluding hydrogens is 565 g/mol. The summed E-state index contributed by atoms with van der Waals surface area (Å²) in [6.07, 6.45) is 0.0744. The molecule has 2 aromatic heterocycles. The highest BCUT2D eigenvalue weighted by Crippen LogP contribution is 2.39. The number of benzene rings is 1. The molecule has 1 amide bonds. The number of halogens is 4. The summed E-state index contributed by atoms with van der Waals surface area (Å²) in [6.45, 7) is 0. The molecule has 0 spiro atoms. The van der Waals surface area contributed by atoms with Gasteiger partial charge in [-0.15, -0.1) is 0 Å². The Morgan fingerprint density at radius 3 is 2.65 bits per heavy atom. The van der Waals surface area contributed by atoms with Gasteiger partial charge in [-0.2, -0.15) is 0 Å². The van der Waals surface area contributed by atoms with Crippen LogP contribution in [0.25, 0.3) is 11.2 Å². The van der Waals surface area contributed by atoms with Crippen molar-refractivity contribution in [2.75, 3.05) is 16.9 Å². The Labute approximate surface area is 192 Å². The summed E-state index contributed by atoms with van der Waals surface area (Å²) in [5, 5.41) is 5.74. The first-order chi connectivity index (χ1) is 14.8. The van der Waals surface area contributed by atoms with Crippen LogP contribution in [-0.2, 0) is 15.6 Å². The number of amides is 1. The number of carbonyl (C=O) groups is 1. The molecular formula is C18H16F3IN5O2PS. The van der Waals surface area contributed by atoms with Crippen LogP contribution in [0.4, 0.5) is 30.4 Å². The van der Waals surface area contributed by atoms with E-state index >= 15 is 0 Å². The Bertz CT molecular complexity index is 1200. The van der Waals surface area contributed by atoms with Crippen molar-refractivity contribution in [1.29, 1.82) is 0 Å². The first kappa shape index (κ1) is 22.4. The second-order valence-electron chi connectivity index (χ2n) is 6.90. The zero-order valence-corrected chi connectivity index (χ0v) is 19.9. The monoisotopic (exact) mass is 581 g/mol. The molecule has 0 radical (unpaired) electrons. The molecule has 1 aromatic carbocycles. The first-order valence-electron chi connectivity index (χ1n) is 9.07. The topological polar surface area (TPSA) is 88.9 Å². The third-order valence-corrected chi connectivity index (χ3v) is 7.66. The van der Waals surface area contributed by atoms with E-state index < -0.39 is 28.9 Å². The van der Waals surface area contributed by atoms with Gasteiger partial charge in [-0.1, -0.05) is 0 Å². The smallest absolute Gasteiger partial charge is 0.295 e. The summed E-state index contributed by atoms with van der Waals surface area (Å²) in [4.78, 5) is 20.9. The van der Waals surface area contributed by atoms with Crippen LogP contribution in [0.2, 0.25) is 0 Å². The average Bonchev–Trinajstić information content (AvgIpc) is 3.50. The highest BCUT2D eigenvalue weighted by atomic mass is 127. The molecule has 31 heavy (non-hydrogen) atoms. The Hall–Kier alpha value is -1.79. The number of hydrogen-bond donors (Lipinski definition) is 2. The standard InChI is InChI=1S/C18H16F3IN5O2PS/c1-31(29)12-6-9(19)4-5-10(12)23-11-7-13(25-18(28)8-2-3-8)24-16-14(11)26-17(15(20)21)27(16)30-22/h4-8,15,30H,2-3H2,1H3,(H2,23,24,25,28). The molecule has 2 atom stereocenters. The van der Waals surface area contributed by atoms with Crippen molar-refractivity contribution < 1.29 is 22.2 Å². The second-order valence-corrected chi connectivity index (χ2v) is 10.3. The third-order valence-electron chi connectivity index (χ3n) is 4.64. The number of anilines is 3. The molecule has 13 heteroatoms. The number of pyridine rings is 1. The normalized spacial score (nSPS) is 15.2. The highest BCUT2D eigenvalue weighted by molar-refractivity contribution is 14.2. The van der Waals surface area contributed by atoms with Crippen molar-refractivity contribution in [1.82, 2.24) is 14.3 Å². The molecule has 1 saturated carbocycles. The number of imidazole rings is 1. The van der Waals surface area contributed by atoms with Crippen molar-refractivity contribution in [3.05, 3.63) is 35.9 Å². The van der Waals surface area contributed by atoms with Crippen LogP contribution >= 0.6 is 28.4 Å². The number of aromatic nitrogens is 3. The fraction of sp³-hybridized carbons (Fsp3) is 0.278. The van der Waals surface area contributed by atoms with Gasteiger partial charge in [-0.05, 0) is 53.1 Å². The van der Waals surface area contributed by atoms with Crippen molar-refractivity contribution in [3.63, 3.8) is 0 Å². The van der Waals surface area contributed by atoms with Crippen LogP contribution in [0.3, 0.4) is 0 Å². The maximum atomic E-state index is 13.7. The van der Waals surface area contributed by atoms with E-state index in [-0.39, 0.29) is 45.8 Å². The summed E-state index contributed by atoms with van der Waals surface area (Å²) >= 11 is 1.96. The van der Waals surface area contributed by atoms with Gasteiger partial charge in [0.2, 0.25) is 5.91 Å². The van der Waals surface area contributed by atoms with E-state index in [0.717, 1.165) is 18.9 Å². The zero-order valence-electron chi connectivity index (χ0n) is 16.0. The predicted octanol–water partition coefficient (Wildman–Crippen LogP) is 5.13. The van der Waals surface area contributed by atoms with Gasteiger partial charge < -0.3 is 10.6 Å². The fourth-order valence-electron chi connectivity index (χ4n) is 3.01. The molecule has 164 valence electrons. The number of nitrogens with zero attached hydrogens (tertiary/aromatic N) is 3. The molecule has 1 aliphatic rings. The number of fused-ring (bicyclic) bond motifs is 1. The summed E-state index contributed by atoms with van der Waals surface area (Å²) in [5.74, 6) is -1.07. The molecule has 1 aliphatic carbocycles. The van der Waals surface area contributed by atoms with Crippen LogP contribution < -0.4 is 10.6 Å². The van der Waals surface area contributed by atoms with Gasteiger partial charge in [0, 0.05) is 18.2 Å². The zero-order chi connectivity index (χ0) is 22.3. The Balaban J connectivity index is 1.86. The van der Waals surface area contributed by atoms with Crippen molar-refractivity contribution in [2.24, 2.45) is 5.92 Å². The van der Waals surface area contributed by atoms with Crippen LogP contribution in [0.15, 0.2) is 29.2 Å².